The summed E-state index contributed by atoms with van der Waals surface area (Å²) in [6, 6.07) is 1.31. The van der Waals surface area contributed by atoms with E-state index in [1.807, 2.05) is 0 Å². The molecule has 0 unspecified atom stereocenters. The Kier molecular flexibility index (Phi) is 2.25. The lowest BCUT2D eigenvalue weighted by molar-refractivity contribution is 0.461. The van der Waals surface area contributed by atoms with Gasteiger partial charge in [-0.15, -0.1) is 0 Å². The van der Waals surface area contributed by atoms with Crippen molar-refractivity contribution in [1.29, 1.82) is 0 Å². The van der Waals surface area contributed by atoms with Crippen LogP contribution in [0.25, 0.3) is 0 Å². The topological polar surface area (TPSA) is 25.8 Å². The Balaban J connectivity index is 2.87. The second kappa shape index (κ2) is 3.20. The highest BCUT2D eigenvalue weighted by Gasteiger charge is 1.95. The highest BCUT2D eigenvalue weighted by molar-refractivity contribution is 5.05. The molecule has 0 spiro atoms. The Morgan fingerprint density at radius 2 is 1.60 bits per heavy atom. The molecular weight excluding hydrogens is 138 g/mol. The Labute approximate surface area is 56.9 Å². The molecular formula is C6H6F2N2. The number of halogens is 2. The lowest BCUT2D eigenvalue weighted by Gasteiger charge is -1.93. The second-order valence-electron chi connectivity index (χ2n) is 1.77. The van der Waals surface area contributed by atoms with Gasteiger partial charge in [-0.05, 0) is 6.07 Å². The SMILES string of the molecule is FCc1cc(CF)ncn1. The average molecular weight is 144 g/mol. The van der Waals surface area contributed by atoms with E-state index in [0.29, 0.717) is 0 Å². The van der Waals surface area contributed by atoms with Crippen LogP contribution in [0.5, 0.6) is 0 Å². The van der Waals surface area contributed by atoms with Crippen LogP contribution in [0, 0.1) is 0 Å². The monoisotopic (exact) mass is 144 g/mol. The molecule has 0 bridgehead atoms. The van der Waals surface area contributed by atoms with E-state index in [1.54, 1.807) is 0 Å². The van der Waals surface area contributed by atoms with Gasteiger partial charge in [-0.2, -0.15) is 0 Å². The van der Waals surface area contributed by atoms with Gasteiger partial charge < -0.3 is 0 Å². The van der Waals surface area contributed by atoms with Crippen molar-refractivity contribution in [3.63, 3.8) is 0 Å². The van der Waals surface area contributed by atoms with E-state index in [2.05, 4.69) is 9.97 Å². The minimum absolute atomic E-state index is 0.225. The molecule has 0 aromatic carbocycles. The smallest absolute Gasteiger partial charge is 0.132 e. The van der Waals surface area contributed by atoms with Crippen LogP contribution < -0.4 is 0 Å². The third-order valence-corrected chi connectivity index (χ3v) is 1.05. The molecule has 0 saturated heterocycles. The van der Waals surface area contributed by atoms with Crippen LogP contribution in [0.15, 0.2) is 12.4 Å². The van der Waals surface area contributed by atoms with E-state index in [9.17, 15) is 8.78 Å². The summed E-state index contributed by atoms with van der Waals surface area (Å²) in [6.07, 6.45) is 1.16. The van der Waals surface area contributed by atoms with Crippen molar-refractivity contribution in [2.24, 2.45) is 0 Å². The normalized spacial score (nSPS) is 9.80. The first-order valence-corrected chi connectivity index (χ1v) is 2.78. The molecule has 54 valence electrons. The highest BCUT2D eigenvalue weighted by atomic mass is 19.1. The summed E-state index contributed by atoms with van der Waals surface area (Å²) < 4.78 is 23.7. The Hall–Kier alpha value is -1.06. The van der Waals surface area contributed by atoms with Crippen LogP contribution in [-0.4, -0.2) is 9.97 Å². The molecule has 0 aliphatic heterocycles. The zero-order valence-corrected chi connectivity index (χ0v) is 5.22. The Bertz CT molecular complexity index is 195. The predicted molar refractivity (Wildman–Crippen MR) is 31.7 cm³/mol. The standard InChI is InChI=1S/C6H6F2N2/c7-2-5-1-6(3-8)10-4-9-5/h1,4H,2-3H2. The molecule has 2 nitrogen and oxygen atoms in total. The van der Waals surface area contributed by atoms with Crippen molar-refractivity contribution in [2.45, 2.75) is 13.3 Å². The fourth-order valence-corrected chi connectivity index (χ4v) is 0.590. The van der Waals surface area contributed by atoms with E-state index >= 15 is 0 Å². The van der Waals surface area contributed by atoms with Gasteiger partial charge in [0.15, 0.2) is 0 Å². The fourth-order valence-electron chi connectivity index (χ4n) is 0.590. The van der Waals surface area contributed by atoms with Crippen LogP contribution in [-0.2, 0) is 13.3 Å². The number of alkyl halides is 2. The minimum Gasteiger partial charge on any atom is -0.244 e. The predicted octanol–water partition coefficient (Wildman–Crippen LogP) is 1.42. The first-order valence-electron chi connectivity index (χ1n) is 2.78. The first-order chi connectivity index (χ1) is 4.86. The van der Waals surface area contributed by atoms with Gasteiger partial charge in [-0.25, -0.2) is 18.7 Å². The van der Waals surface area contributed by atoms with E-state index in [0.717, 1.165) is 6.33 Å². The van der Waals surface area contributed by atoms with Gasteiger partial charge in [0, 0.05) is 0 Å². The molecule has 0 fully saturated rings. The molecule has 1 rings (SSSR count). The molecule has 0 aliphatic carbocycles. The van der Waals surface area contributed by atoms with Crippen molar-refractivity contribution in [1.82, 2.24) is 9.97 Å². The van der Waals surface area contributed by atoms with Gasteiger partial charge in [0.2, 0.25) is 0 Å². The summed E-state index contributed by atoms with van der Waals surface area (Å²) in [5, 5.41) is 0. The van der Waals surface area contributed by atoms with Crippen LogP contribution >= 0.6 is 0 Å². The quantitative estimate of drug-likeness (QED) is 0.627. The number of hydrogen-bond donors (Lipinski definition) is 0. The van der Waals surface area contributed by atoms with Crippen molar-refractivity contribution in [3.05, 3.63) is 23.8 Å². The maximum atomic E-state index is 11.8. The van der Waals surface area contributed by atoms with Gasteiger partial charge in [0.25, 0.3) is 0 Å². The van der Waals surface area contributed by atoms with Crippen LogP contribution in [0.1, 0.15) is 11.4 Å². The molecule has 0 radical (unpaired) electrons. The molecule has 0 aliphatic rings. The summed E-state index contributed by atoms with van der Waals surface area (Å²) in [4.78, 5) is 7.11. The first kappa shape index (κ1) is 7.05. The van der Waals surface area contributed by atoms with Gasteiger partial charge in [0.1, 0.15) is 19.7 Å². The lowest BCUT2D eigenvalue weighted by Crippen LogP contribution is -1.91. The molecule has 1 aromatic heterocycles. The van der Waals surface area contributed by atoms with Crippen molar-refractivity contribution >= 4 is 0 Å². The van der Waals surface area contributed by atoms with E-state index in [1.165, 1.54) is 6.07 Å². The number of nitrogens with zero attached hydrogens (tertiary/aromatic N) is 2. The summed E-state index contributed by atoms with van der Waals surface area (Å²) in [7, 11) is 0. The fraction of sp³-hybridized carbons (Fsp3) is 0.333. The molecule has 0 amide bonds. The van der Waals surface area contributed by atoms with E-state index in [-0.39, 0.29) is 11.4 Å². The Morgan fingerprint density at radius 1 is 1.10 bits per heavy atom. The Morgan fingerprint density at radius 3 is 2.00 bits per heavy atom. The average Bonchev–Trinajstić information content (AvgIpc) is 2.05. The minimum atomic E-state index is -0.671. The van der Waals surface area contributed by atoms with Gasteiger partial charge in [-0.3, -0.25) is 0 Å². The van der Waals surface area contributed by atoms with Gasteiger partial charge in [-0.1, -0.05) is 0 Å². The number of rotatable bonds is 2. The van der Waals surface area contributed by atoms with Crippen molar-refractivity contribution in [3.8, 4) is 0 Å². The summed E-state index contributed by atoms with van der Waals surface area (Å²) >= 11 is 0. The molecule has 1 heterocycles. The molecule has 10 heavy (non-hydrogen) atoms. The van der Waals surface area contributed by atoms with Crippen LogP contribution in [0.3, 0.4) is 0 Å². The third-order valence-electron chi connectivity index (χ3n) is 1.05. The summed E-state index contributed by atoms with van der Waals surface area (Å²) in [5.41, 5.74) is 0.449. The largest absolute Gasteiger partial charge is 0.244 e. The van der Waals surface area contributed by atoms with Gasteiger partial charge >= 0.3 is 0 Å². The second-order valence-corrected chi connectivity index (χ2v) is 1.77. The molecule has 1 aromatic rings. The summed E-state index contributed by atoms with van der Waals surface area (Å²) in [6.45, 7) is -1.34. The number of aromatic nitrogens is 2. The number of hydrogen-bond acceptors (Lipinski definition) is 2. The maximum absolute atomic E-state index is 11.8. The lowest BCUT2D eigenvalue weighted by atomic mass is 10.3. The molecule has 0 N–H and O–H groups in total. The highest BCUT2D eigenvalue weighted by Crippen LogP contribution is 2.00. The van der Waals surface area contributed by atoms with E-state index < -0.39 is 13.3 Å². The van der Waals surface area contributed by atoms with Gasteiger partial charge in [0.05, 0.1) is 11.4 Å². The van der Waals surface area contributed by atoms with Crippen molar-refractivity contribution in [2.75, 3.05) is 0 Å². The molecule has 0 saturated carbocycles. The summed E-state index contributed by atoms with van der Waals surface area (Å²) in [5.74, 6) is 0. The molecule has 0 atom stereocenters. The van der Waals surface area contributed by atoms with E-state index in [4.69, 9.17) is 0 Å². The van der Waals surface area contributed by atoms with Crippen LogP contribution in [0.2, 0.25) is 0 Å². The zero-order chi connectivity index (χ0) is 7.40. The maximum Gasteiger partial charge on any atom is 0.132 e. The third kappa shape index (κ3) is 1.46. The molecule has 4 heteroatoms. The zero-order valence-electron chi connectivity index (χ0n) is 5.22. The van der Waals surface area contributed by atoms with Crippen LogP contribution in [0.4, 0.5) is 8.78 Å². The van der Waals surface area contributed by atoms with Crippen molar-refractivity contribution < 1.29 is 8.78 Å².